The van der Waals surface area contributed by atoms with Gasteiger partial charge in [-0.25, -0.2) is 4.98 Å². The van der Waals surface area contributed by atoms with E-state index in [4.69, 9.17) is 17.3 Å². The van der Waals surface area contributed by atoms with Crippen molar-refractivity contribution < 1.29 is 18.0 Å². The Hall–Kier alpha value is -4.26. The minimum absolute atomic E-state index is 0.0555. The molecule has 10 heteroatoms. The molecule has 0 spiro atoms. The zero-order valence-corrected chi connectivity index (χ0v) is 23.2. The Balaban J connectivity index is 1.42. The predicted octanol–water partition coefficient (Wildman–Crippen LogP) is 6.20. The molecule has 3 N–H and O–H groups in total. The van der Waals surface area contributed by atoms with E-state index in [9.17, 15) is 18.0 Å². The lowest BCUT2D eigenvalue weighted by molar-refractivity contribution is -0.137. The zero-order valence-electron chi connectivity index (χ0n) is 22.4. The quantitative estimate of drug-likeness (QED) is 0.284. The molecule has 41 heavy (non-hydrogen) atoms. The summed E-state index contributed by atoms with van der Waals surface area (Å²) in [5.41, 5.74) is 7.64. The number of fused-ring (bicyclic) bond motifs is 1. The Morgan fingerprint density at radius 2 is 1.78 bits per heavy atom. The van der Waals surface area contributed by atoms with Gasteiger partial charge in [0.2, 0.25) is 0 Å². The highest BCUT2D eigenvalue weighted by molar-refractivity contribution is 6.31. The lowest BCUT2D eigenvalue weighted by Gasteiger charge is -2.35. The number of amides is 1. The van der Waals surface area contributed by atoms with Crippen LogP contribution in [-0.2, 0) is 6.18 Å². The maximum atomic E-state index is 14.0. The van der Waals surface area contributed by atoms with Crippen molar-refractivity contribution in [1.29, 1.82) is 0 Å². The number of carbonyl (C=O) groups is 1. The third-order valence-corrected chi connectivity index (χ3v) is 7.34. The summed E-state index contributed by atoms with van der Waals surface area (Å²) in [5.74, 6) is 5.83. The van der Waals surface area contributed by atoms with Crippen molar-refractivity contribution in [3.63, 3.8) is 0 Å². The third-order valence-electron chi connectivity index (χ3n) is 7.11. The first-order valence-electron chi connectivity index (χ1n) is 12.9. The number of nitrogens with two attached hydrogens (primary N) is 1. The van der Waals surface area contributed by atoms with E-state index in [-0.39, 0.29) is 22.8 Å². The Morgan fingerprint density at radius 3 is 2.51 bits per heavy atom. The summed E-state index contributed by atoms with van der Waals surface area (Å²) in [6.07, 6.45) is -2.93. The molecule has 0 saturated carbocycles. The Kier molecular flexibility index (Phi) is 7.80. The number of pyridine rings is 1. The smallest absolute Gasteiger partial charge is 0.383 e. The number of likely N-dealkylation sites (N-methyl/N-ethyl adjacent to an activating group) is 1. The van der Waals surface area contributed by atoms with Crippen LogP contribution >= 0.6 is 11.6 Å². The second-order valence-corrected chi connectivity index (χ2v) is 10.4. The lowest BCUT2D eigenvalue weighted by Crippen LogP contribution is -2.45. The molecule has 0 atom stereocenters. The first-order chi connectivity index (χ1) is 19.5. The van der Waals surface area contributed by atoms with E-state index < -0.39 is 17.6 Å². The molecule has 1 aromatic heterocycles. The number of halogens is 4. The molecule has 210 valence electrons. The molecule has 1 aliphatic rings. The van der Waals surface area contributed by atoms with E-state index in [1.54, 1.807) is 41.4 Å². The number of aryl methyl sites for hydroxylation is 1. The summed E-state index contributed by atoms with van der Waals surface area (Å²) in [6, 6.07) is 14.2. The minimum Gasteiger partial charge on any atom is -0.383 e. The fraction of sp³-hybridized carbons (Fsp3) is 0.226. The fourth-order valence-corrected chi connectivity index (χ4v) is 4.90. The summed E-state index contributed by atoms with van der Waals surface area (Å²) in [6.45, 7) is 4.18. The lowest BCUT2D eigenvalue weighted by atomic mass is 10.0. The molecular weight excluding hydrogens is 551 g/mol. The predicted molar refractivity (Wildman–Crippen MR) is 157 cm³/mol. The van der Waals surface area contributed by atoms with Crippen LogP contribution in [0.3, 0.4) is 0 Å². The molecule has 4 aromatic rings. The van der Waals surface area contributed by atoms with Crippen LogP contribution in [0.5, 0.6) is 0 Å². The zero-order chi connectivity index (χ0) is 29.3. The summed E-state index contributed by atoms with van der Waals surface area (Å²) in [5, 5.41) is 4.73. The van der Waals surface area contributed by atoms with Crippen molar-refractivity contribution in [2.75, 3.05) is 49.2 Å². The van der Waals surface area contributed by atoms with E-state index in [1.807, 2.05) is 20.0 Å². The van der Waals surface area contributed by atoms with E-state index in [0.29, 0.717) is 42.3 Å². The topological polar surface area (TPSA) is 74.5 Å². The van der Waals surface area contributed by atoms with Crippen LogP contribution in [0.25, 0.3) is 10.8 Å². The molecule has 1 saturated heterocycles. The molecule has 2 heterocycles. The molecule has 0 aliphatic carbocycles. The van der Waals surface area contributed by atoms with Gasteiger partial charge in [-0.3, -0.25) is 4.79 Å². The van der Waals surface area contributed by atoms with Gasteiger partial charge in [-0.2, -0.15) is 13.2 Å². The molecule has 1 fully saturated rings. The number of rotatable bonds is 3. The van der Waals surface area contributed by atoms with Crippen molar-refractivity contribution in [2.45, 2.75) is 13.1 Å². The van der Waals surface area contributed by atoms with Gasteiger partial charge < -0.3 is 20.9 Å². The number of carbonyl (C=O) groups excluding carboxylic acids is 1. The molecule has 0 radical (unpaired) electrons. The number of anilines is 3. The van der Waals surface area contributed by atoms with Gasteiger partial charge in [-0.15, -0.1) is 0 Å². The van der Waals surface area contributed by atoms with Gasteiger partial charge >= 0.3 is 6.18 Å². The van der Waals surface area contributed by atoms with Crippen LogP contribution in [0, 0.1) is 18.8 Å². The summed E-state index contributed by atoms with van der Waals surface area (Å²) < 4.78 is 42.0. The Bertz CT molecular complexity index is 1700. The van der Waals surface area contributed by atoms with Crippen LogP contribution in [0.15, 0.2) is 60.8 Å². The monoisotopic (exact) mass is 577 g/mol. The number of nitrogens with one attached hydrogen (secondary N) is 1. The molecule has 0 unspecified atom stereocenters. The van der Waals surface area contributed by atoms with Gasteiger partial charge in [0.25, 0.3) is 5.91 Å². The van der Waals surface area contributed by atoms with Gasteiger partial charge in [0.05, 0.1) is 11.1 Å². The highest BCUT2D eigenvalue weighted by Crippen LogP contribution is 2.38. The maximum absolute atomic E-state index is 14.0. The molecular formula is C31H27ClF3N5O. The normalized spacial score (nSPS) is 14.0. The van der Waals surface area contributed by atoms with Gasteiger partial charge in [0, 0.05) is 70.7 Å². The first-order valence-corrected chi connectivity index (χ1v) is 13.3. The number of nitrogen functional groups attached to an aromatic ring is 1. The molecule has 1 amide bonds. The maximum Gasteiger partial charge on any atom is 0.418 e. The number of hydrogen-bond acceptors (Lipinski definition) is 5. The number of piperazine rings is 1. The number of nitrogens with zero attached hydrogens (tertiary/aromatic N) is 3. The standard InChI is InChI=1S/C31H27ClF3N5O/c1-19-3-4-21(15-20(19)6-9-25-26-16-23(32)7-5-22(26)18-37-29(25)36)30(41)38-24-8-10-28(27(17-24)31(33,34)35)40-13-11-39(2)12-14-40/h3-5,7-8,10,15-18H,11-14H2,1-2H3,(H2,36,37)(H,38,41). The van der Waals surface area contributed by atoms with Gasteiger partial charge in [0.15, 0.2) is 0 Å². The van der Waals surface area contributed by atoms with E-state index in [2.05, 4.69) is 27.0 Å². The van der Waals surface area contributed by atoms with E-state index >= 15 is 0 Å². The van der Waals surface area contributed by atoms with Gasteiger partial charge in [0.1, 0.15) is 5.82 Å². The van der Waals surface area contributed by atoms with Crippen LogP contribution in [0.4, 0.5) is 30.4 Å². The first kappa shape index (κ1) is 28.3. The molecule has 0 bridgehead atoms. The average molecular weight is 578 g/mol. The van der Waals surface area contributed by atoms with Crippen molar-refractivity contribution in [3.8, 4) is 11.8 Å². The van der Waals surface area contributed by atoms with E-state index in [0.717, 1.165) is 22.4 Å². The largest absolute Gasteiger partial charge is 0.418 e. The Labute approximate surface area is 240 Å². The van der Waals surface area contributed by atoms with Crippen molar-refractivity contribution in [1.82, 2.24) is 9.88 Å². The van der Waals surface area contributed by atoms with Crippen LogP contribution in [-0.4, -0.2) is 49.0 Å². The number of aromatic nitrogens is 1. The molecule has 6 nitrogen and oxygen atoms in total. The second kappa shape index (κ2) is 11.3. The van der Waals surface area contributed by atoms with Crippen LogP contribution in [0.1, 0.15) is 32.6 Å². The highest BCUT2D eigenvalue weighted by Gasteiger charge is 2.36. The molecule has 3 aromatic carbocycles. The van der Waals surface area contributed by atoms with Crippen molar-refractivity contribution in [2.24, 2.45) is 0 Å². The van der Waals surface area contributed by atoms with Gasteiger partial charge in [-0.1, -0.05) is 35.6 Å². The van der Waals surface area contributed by atoms with Crippen molar-refractivity contribution in [3.05, 3.63) is 93.6 Å². The van der Waals surface area contributed by atoms with Gasteiger partial charge in [-0.05, 0) is 62.0 Å². The van der Waals surface area contributed by atoms with Crippen LogP contribution < -0.4 is 16.0 Å². The average Bonchev–Trinajstić information content (AvgIpc) is 2.93. The number of hydrogen-bond donors (Lipinski definition) is 2. The van der Waals surface area contributed by atoms with Crippen molar-refractivity contribution >= 4 is 45.5 Å². The van der Waals surface area contributed by atoms with Crippen LogP contribution in [0.2, 0.25) is 5.02 Å². The number of alkyl halides is 3. The fourth-order valence-electron chi connectivity index (χ4n) is 4.73. The third kappa shape index (κ3) is 6.24. The Morgan fingerprint density at radius 1 is 1.02 bits per heavy atom. The summed E-state index contributed by atoms with van der Waals surface area (Å²) >= 11 is 6.18. The number of benzene rings is 3. The highest BCUT2D eigenvalue weighted by atomic mass is 35.5. The summed E-state index contributed by atoms with van der Waals surface area (Å²) in [7, 11) is 1.94. The molecule has 1 aliphatic heterocycles. The minimum atomic E-state index is -4.57. The molecule has 5 rings (SSSR count). The SMILES string of the molecule is Cc1ccc(C(=O)Nc2ccc(N3CCN(C)CC3)c(C(F)(F)F)c2)cc1C#Cc1c(N)ncc2ccc(Cl)cc12. The summed E-state index contributed by atoms with van der Waals surface area (Å²) in [4.78, 5) is 21.1. The second-order valence-electron chi connectivity index (χ2n) is 10.0. The van der Waals surface area contributed by atoms with E-state index in [1.165, 1.54) is 12.1 Å².